The van der Waals surface area contributed by atoms with Crippen molar-refractivity contribution in [3.63, 3.8) is 0 Å². The molecule has 0 atom stereocenters. The van der Waals surface area contributed by atoms with E-state index < -0.39 is 0 Å². The van der Waals surface area contributed by atoms with E-state index in [9.17, 15) is 4.79 Å². The first-order valence-electron chi connectivity index (χ1n) is 4.93. The second kappa shape index (κ2) is 3.77. The Morgan fingerprint density at radius 2 is 2.27 bits per heavy atom. The number of benzene rings is 1. The number of hydrogen-bond donors (Lipinski definition) is 0. The van der Waals surface area contributed by atoms with Gasteiger partial charge in [0.2, 0.25) is 0 Å². The summed E-state index contributed by atoms with van der Waals surface area (Å²) in [4.78, 5) is 10.8. The fourth-order valence-electron chi connectivity index (χ4n) is 1.75. The summed E-state index contributed by atoms with van der Waals surface area (Å²) in [5.74, 6) is 0.805. The van der Waals surface area contributed by atoms with Crippen LogP contribution in [0.4, 0.5) is 0 Å². The maximum absolute atomic E-state index is 10.8. The summed E-state index contributed by atoms with van der Waals surface area (Å²) in [6.45, 7) is 2.57. The molecular weight excluding hydrogens is 190 g/mol. The van der Waals surface area contributed by atoms with Crippen molar-refractivity contribution in [2.45, 2.75) is 6.92 Å². The summed E-state index contributed by atoms with van der Waals surface area (Å²) >= 11 is 0. The third-order valence-corrected chi connectivity index (χ3v) is 2.43. The zero-order valence-electron chi connectivity index (χ0n) is 8.86. The second-order valence-corrected chi connectivity index (χ2v) is 3.43. The first kappa shape index (κ1) is 9.77. The molecule has 0 amide bonds. The lowest BCUT2D eigenvalue weighted by molar-refractivity contribution is 0.112. The van der Waals surface area contributed by atoms with E-state index in [0.717, 1.165) is 22.9 Å². The van der Waals surface area contributed by atoms with Gasteiger partial charge >= 0.3 is 0 Å². The zero-order chi connectivity index (χ0) is 10.8. The number of hydrogen-bond acceptors (Lipinski definition) is 2. The summed E-state index contributed by atoms with van der Waals surface area (Å²) in [6, 6.07) is 5.79. The van der Waals surface area contributed by atoms with E-state index in [1.165, 1.54) is 0 Å². The SMILES string of the molecule is CCOc1ccc2c(c1)c(C=O)cn2C. The molecule has 0 bridgehead atoms. The van der Waals surface area contributed by atoms with Crippen LogP contribution in [0.1, 0.15) is 17.3 Å². The van der Waals surface area contributed by atoms with Crippen LogP contribution in [0.25, 0.3) is 10.9 Å². The quantitative estimate of drug-likeness (QED) is 0.717. The zero-order valence-corrected chi connectivity index (χ0v) is 8.86. The van der Waals surface area contributed by atoms with Gasteiger partial charge in [0.15, 0.2) is 6.29 Å². The number of carbonyl (C=O) groups excluding carboxylic acids is 1. The Labute approximate surface area is 88.3 Å². The highest BCUT2D eigenvalue weighted by Crippen LogP contribution is 2.24. The van der Waals surface area contributed by atoms with E-state index in [4.69, 9.17) is 4.74 Å². The monoisotopic (exact) mass is 203 g/mol. The Hall–Kier alpha value is -1.77. The molecule has 0 aliphatic carbocycles. The number of rotatable bonds is 3. The third-order valence-electron chi connectivity index (χ3n) is 2.43. The molecule has 0 spiro atoms. The predicted molar refractivity (Wildman–Crippen MR) is 59.5 cm³/mol. The molecule has 1 heterocycles. The molecular formula is C12H13NO2. The predicted octanol–water partition coefficient (Wildman–Crippen LogP) is 2.39. The van der Waals surface area contributed by atoms with Crippen LogP contribution in [-0.4, -0.2) is 17.5 Å². The highest BCUT2D eigenvalue weighted by atomic mass is 16.5. The minimum Gasteiger partial charge on any atom is -0.494 e. The van der Waals surface area contributed by atoms with Gasteiger partial charge in [0.05, 0.1) is 6.61 Å². The Kier molecular flexibility index (Phi) is 2.46. The minimum atomic E-state index is 0.634. The molecule has 0 saturated heterocycles. The number of fused-ring (bicyclic) bond motifs is 1. The average molecular weight is 203 g/mol. The van der Waals surface area contributed by atoms with Gasteiger partial charge in [-0.25, -0.2) is 0 Å². The maximum Gasteiger partial charge on any atom is 0.152 e. The number of aldehydes is 1. The highest BCUT2D eigenvalue weighted by Gasteiger charge is 2.06. The summed E-state index contributed by atoms with van der Waals surface area (Å²) in [7, 11) is 1.93. The highest BCUT2D eigenvalue weighted by molar-refractivity contribution is 5.98. The van der Waals surface area contributed by atoms with Crippen LogP contribution in [0, 0.1) is 0 Å². The van der Waals surface area contributed by atoms with Gasteiger partial charge < -0.3 is 9.30 Å². The molecule has 0 radical (unpaired) electrons. The van der Waals surface area contributed by atoms with Gasteiger partial charge in [-0.2, -0.15) is 0 Å². The molecule has 15 heavy (non-hydrogen) atoms. The van der Waals surface area contributed by atoms with Gasteiger partial charge in [-0.1, -0.05) is 0 Å². The molecule has 1 aromatic heterocycles. The van der Waals surface area contributed by atoms with Crippen molar-refractivity contribution in [2.75, 3.05) is 6.61 Å². The molecule has 78 valence electrons. The second-order valence-electron chi connectivity index (χ2n) is 3.43. The molecule has 2 aromatic rings. The van der Waals surface area contributed by atoms with Crippen LogP contribution < -0.4 is 4.74 Å². The number of aryl methyl sites for hydroxylation is 1. The van der Waals surface area contributed by atoms with E-state index >= 15 is 0 Å². The number of carbonyl (C=O) groups is 1. The first-order valence-corrected chi connectivity index (χ1v) is 4.93. The fraction of sp³-hybridized carbons (Fsp3) is 0.250. The Morgan fingerprint density at radius 1 is 1.47 bits per heavy atom. The number of nitrogens with zero attached hydrogens (tertiary/aromatic N) is 1. The Balaban J connectivity index is 2.62. The third kappa shape index (κ3) is 1.61. The molecule has 0 unspecified atom stereocenters. The van der Waals surface area contributed by atoms with Crippen LogP contribution >= 0.6 is 0 Å². The van der Waals surface area contributed by atoms with Crippen molar-refractivity contribution in [3.8, 4) is 5.75 Å². The van der Waals surface area contributed by atoms with Crippen molar-refractivity contribution in [3.05, 3.63) is 30.0 Å². The first-order chi connectivity index (χ1) is 7.26. The molecule has 0 saturated carbocycles. The minimum absolute atomic E-state index is 0.634. The normalized spacial score (nSPS) is 10.5. The van der Waals surface area contributed by atoms with Gasteiger partial charge in [0.25, 0.3) is 0 Å². The lowest BCUT2D eigenvalue weighted by Gasteiger charge is -2.03. The van der Waals surface area contributed by atoms with Gasteiger partial charge in [0.1, 0.15) is 5.75 Å². The molecule has 0 aliphatic rings. The van der Waals surface area contributed by atoms with Crippen LogP contribution in [0.15, 0.2) is 24.4 Å². The summed E-state index contributed by atoms with van der Waals surface area (Å²) in [5, 5.41) is 0.943. The van der Waals surface area contributed by atoms with E-state index in [1.807, 2.05) is 42.9 Å². The standard InChI is InChI=1S/C12H13NO2/c1-3-15-10-4-5-12-11(6-10)9(8-14)7-13(12)2/h4-8H,3H2,1-2H3. The van der Waals surface area contributed by atoms with E-state index in [2.05, 4.69) is 0 Å². The average Bonchev–Trinajstić information content (AvgIpc) is 2.56. The van der Waals surface area contributed by atoms with Crippen molar-refractivity contribution in [1.82, 2.24) is 4.57 Å². The van der Waals surface area contributed by atoms with Crippen molar-refractivity contribution < 1.29 is 9.53 Å². The molecule has 0 aliphatic heterocycles. The van der Waals surface area contributed by atoms with Crippen LogP contribution in [0.5, 0.6) is 5.75 Å². The Morgan fingerprint density at radius 3 is 2.93 bits per heavy atom. The molecule has 3 heteroatoms. The van der Waals surface area contributed by atoms with Crippen LogP contribution in [-0.2, 0) is 7.05 Å². The number of ether oxygens (including phenoxy) is 1. The van der Waals surface area contributed by atoms with E-state index in [1.54, 1.807) is 0 Å². The van der Waals surface area contributed by atoms with E-state index in [0.29, 0.717) is 12.2 Å². The van der Waals surface area contributed by atoms with Crippen molar-refractivity contribution in [1.29, 1.82) is 0 Å². The molecule has 1 aromatic carbocycles. The molecule has 2 rings (SSSR count). The lowest BCUT2D eigenvalue weighted by Crippen LogP contribution is -1.91. The maximum atomic E-state index is 10.8. The molecule has 0 N–H and O–H groups in total. The lowest BCUT2D eigenvalue weighted by atomic mass is 10.2. The Bertz CT molecular complexity index is 500. The van der Waals surface area contributed by atoms with Gasteiger partial charge in [0, 0.05) is 29.7 Å². The van der Waals surface area contributed by atoms with E-state index in [-0.39, 0.29) is 0 Å². The number of aromatic nitrogens is 1. The van der Waals surface area contributed by atoms with Gasteiger partial charge in [-0.05, 0) is 25.1 Å². The fourth-order valence-corrected chi connectivity index (χ4v) is 1.75. The van der Waals surface area contributed by atoms with Crippen molar-refractivity contribution >= 4 is 17.2 Å². The largest absolute Gasteiger partial charge is 0.494 e. The smallest absolute Gasteiger partial charge is 0.152 e. The molecule has 0 fully saturated rings. The summed E-state index contributed by atoms with van der Waals surface area (Å²) in [5.41, 5.74) is 1.75. The van der Waals surface area contributed by atoms with Gasteiger partial charge in [-0.3, -0.25) is 4.79 Å². The van der Waals surface area contributed by atoms with Crippen LogP contribution in [0.3, 0.4) is 0 Å². The topological polar surface area (TPSA) is 31.2 Å². The summed E-state index contributed by atoms with van der Waals surface area (Å²) < 4.78 is 7.34. The van der Waals surface area contributed by atoms with Crippen LogP contribution in [0.2, 0.25) is 0 Å². The van der Waals surface area contributed by atoms with Gasteiger partial charge in [-0.15, -0.1) is 0 Å². The van der Waals surface area contributed by atoms with Crippen molar-refractivity contribution in [2.24, 2.45) is 7.05 Å². The molecule has 3 nitrogen and oxygen atoms in total. The summed E-state index contributed by atoms with van der Waals surface area (Å²) in [6.07, 6.45) is 2.70.